The molecule has 0 aliphatic rings. The Kier molecular flexibility index (Phi) is 4.67. The van der Waals surface area contributed by atoms with E-state index < -0.39 is 0 Å². The van der Waals surface area contributed by atoms with Gasteiger partial charge in [-0.2, -0.15) is 4.98 Å². The van der Waals surface area contributed by atoms with Crippen LogP contribution in [0.2, 0.25) is 0 Å². The number of aromatic nitrogens is 5. The SMILES string of the molecule is Cc1ccc(NC(=O)Cn2cc(-c3noc(-c4cccnc4)n3)nc2C)cc1. The van der Waals surface area contributed by atoms with Gasteiger partial charge < -0.3 is 14.4 Å². The number of carbonyl (C=O) groups is 1. The maximum absolute atomic E-state index is 12.3. The monoisotopic (exact) mass is 374 g/mol. The molecule has 8 nitrogen and oxygen atoms in total. The molecule has 1 aromatic carbocycles. The Hall–Kier alpha value is -3.81. The van der Waals surface area contributed by atoms with Crippen LogP contribution in [0.3, 0.4) is 0 Å². The summed E-state index contributed by atoms with van der Waals surface area (Å²) in [5, 5.41) is 6.86. The molecule has 1 amide bonds. The van der Waals surface area contributed by atoms with Gasteiger partial charge in [-0.25, -0.2) is 4.98 Å². The number of carbonyl (C=O) groups excluding carboxylic acids is 1. The molecule has 0 saturated carbocycles. The lowest BCUT2D eigenvalue weighted by Gasteiger charge is -2.07. The van der Waals surface area contributed by atoms with Gasteiger partial charge in [0.15, 0.2) is 0 Å². The lowest BCUT2D eigenvalue weighted by molar-refractivity contribution is -0.116. The number of amides is 1. The average Bonchev–Trinajstić information content (AvgIpc) is 3.32. The maximum atomic E-state index is 12.3. The molecular weight excluding hydrogens is 356 g/mol. The van der Waals surface area contributed by atoms with E-state index in [2.05, 4.69) is 25.4 Å². The van der Waals surface area contributed by atoms with Gasteiger partial charge in [0.05, 0.1) is 5.56 Å². The number of aryl methyl sites for hydroxylation is 2. The van der Waals surface area contributed by atoms with Crippen molar-refractivity contribution in [3.05, 3.63) is 66.4 Å². The van der Waals surface area contributed by atoms with Crippen LogP contribution in [0, 0.1) is 13.8 Å². The summed E-state index contributed by atoms with van der Waals surface area (Å²) in [6, 6.07) is 11.3. The molecular formula is C20H18N6O2. The first kappa shape index (κ1) is 17.6. The van der Waals surface area contributed by atoms with Crippen molar-refractivity contribution >= 4 is 11.6 Å². The van der Waals surface area contributed by atoms with E-state index in [4.69, 9.17) is 4.52 Å². The zero-order valence-corrected chi connectivity index (χ0v) is 15.5. The van der Waals surface area contributed by atoms with Gasteiger partial charge in [-0.1, -0.05) is 22.9 Å². The Bertz CT molecular complexity index is 1100. The van der Waals surface area contributed by atoms with Crippen LogP contribution < -0.4 is 5.32 Å². The average molecular weight is 374 g/mol. The van der Waals surface area contributed by atoms with Gasteiger partial charge in [0, 0.05) is 24.3 Å². The van der Waals surface area contributed by atoms with E-state index in [9.17, 15) is 4.79 Å². The Labute approximate surface area is 161 Å². The highest BCUT2D eigenvalue weighted by molar-refractivity contribution is 5.90. The second-order valence-electron chi connectivity index (χ2n) is 6.38. The molecule has 0 spiro atoms. The number of imidazole rings is 1. The third-order valence-corrected chi connectivity index (χ3v) is 4.19. The molecule has 8 heteroatoms. The highest BCUT2D eigenvalue weighted by atomic mass is 16.5. The molecule has 0 bridgehead atoms. The van der Waals surface area contributed by atoms with Crippen LogP contribution >= 0.6 is 0 Å². The standard InChI is InChI=1S/C20H18N6O2/c1-13-5-7-16(8-6-13)23-18(27)12-26-11-17(22-14(26)2)19-24-20(28-25-19)15-4-3-9-21-10-15/h3-11H,12H2,1-2H3,(H,23,27). The molecule has 140 valence electrons. The molecule has 3 aromatic heterocycles. The van der Waals surface area contributed by atoms with Crippen LogP contribution in [-0.4, -0.2) is 30.6 Å². The molecule has 28 heavy (non-hydrogen) atoms. The Morgan fingerprint density at radius 3 is 2.71 bits per heavy atom. The third kappa shape index (κ3) is 3.80. The second kappa shape index (κ2) is 7.43. The highest BCUT2D eigenvalue weighted by Gasteiger charge is 2.16. The first-order valence-electron chi connectivity index (χ1n) is 8.73. The molecule has 0 radical (unpaired) electrons. The fourth-order valence-corrected chi connectivity index (χ4v) is 2.70. The quantitative estimate of drug-likeness (QED) is 0.576. The van der Waals surface area contributed by atoms with Crippen LogP contribution in [0.5, 0.6) is 0 Å². The van der Waals surface area contributed by atoms with Crippen LogP contribution in [0.15, 0.2) is 59.5 Å². The van der Waals surface area contributed by atoms with Crippen molar-refractivity contribution < 1.29 is 9.32 Å². The molecule has 0 atom stereocenters. The fraction of sp³-hybridized carbons (Fsp3) is 0.150. The smallest absolute Gasteiger partial charge is 0.259 e. The number of hydrogen-bond acceptors (Lipinski definition) is 6. The van der Waals surface area contributed by atoms with E-state index in [0.29, 0.717) is 23.2 Å². The summed E-state index contributed by atoms with van der Waals surface area (Å²) in [4.78, 5) is 25.2. The summed E-state index contributed by atoms with van der Waals surface area (Å²) >= 11 is 0. The normalized spacial score (nSPS) is 10.8. The van der Waals surface area contributed by atoms with Crippen molar-refractivity contribution in [1.29, 1.82) is 0 Å². The minimum absolute atomic E-state index is 0.139. The molecule has 0 saturated heterocycles. The van der Waals surface area contributed by atoms with Crippen LogP contribution in [0.1, 0.15) is 11.4 Å². The fourth-order valence-electron chi connectivity index (χ4n) is 2.70. The molecule has 0 aliphatic heterocycles. The first-order chi connectivity index (χ1) is 13.6. The van der Waals surface area contributed by atoms with Crippen molar-refractivity contribution in [2.24, 2.45) is 0 Å². The highest BCUT2D eigenvalue weighted by Crippen LogP contribution is 2.21. The number of anilines is 1. The van der Waals surface area contributed by atoms with Crippen molar-refractivity contribution in [2.45, 2.75) is 20.4 Å². The van der Waals surface area contributed by atoms with E-state index in [0.717, 1.165) is 16.8 Å². The minimum Gasteiger partial charge on any atom is -0.333 e. The molecule has 4 aromatic rings. The minimum atomic E-state index is -0.139. The van der Waals surface area contributed by atoms with Gasteiger partial charge >= 0.3 is 0 Å². The van der Waals surface area contributed by atoms with Gasteiger partial charge in [0.1, 0.15) is 18.1 Å². The Balaban J connectivity index is 1.48. The lowest BCUT2D eigenvalue weighted by Crippen LogP contribution is -2.19. The second-order valence-corrected chi connectivity index (χ2v) is 6.38. The van der Waals surface area contributed by atoms with Gasteiger partial charge in [0.25, 0.3) is 5.89 Å². The van der Waals surface area contributed by atoms with E-state index in [1.807, 2.05) is 44.2 Å². The molecule has 0 aliphatic carbocycles. The van der Waals surface area contributed by atoms with E-state index in [-0.39, 0.29) is 12.5 Å². The summed E-state index contributed by atoms with van der Waals surface area (Å²) in [7, 11) is 0. The van der Waals surface area contributed by atoms with Gasteiger partial charge in [-0.3, -0.25) is 9.78 Å². The van der Waals surface area contributed by atoms with Gasteiger partial charge in [-0.05, 0) is 38.1 Å². The topological polar surface area (TPSA) is 98.7 Å². The molecule has 1 N–H and O–H groups in total. The number of nitrogens with zero attached hydrogens (tertiary/aromatic N) is 5. The predicted octanol–water partition coefficient (Wildman–Crippen LogP) is 3.25. The first-order valence-corrected chi connectivity index (χ1v) is 8.73. The Morgan fingerprint density at radius 1 is 1.14 bits per heavy atom. The Morgan fingerprint density at radius 2 is 1.96 bits per heavy atom. The van der Waals surface area contributed by atoms with E-state index in [1.165, 1.54) is 0 Å². The van der Waals surface area contributed by atoms with Crippen molar-refractivity contribution in [3.8, 4) is 23.0 Å². The summed E-state index contributed by atoms with van der Waals surface area (Å²) in [5.74, 6) is 1.27. The van der Waals surface area contributed by atoms with Crippen molar-refractivity contribution in [1.82, 2.24) is 24.7 Å². The molecule has 3 heterocycles. The van der Waals surface area contributed by atoms with E-state index in [1.54, 1.807) is 29.2 Å². The van der Waals surface area contributed by atoms with Gasteiger partial charge in [0.2, 0.25) is 11.7 Å². The molecule has 0 unspecified atom stereocenters. The summed E-state index contributed by atoms with van der Waals surface area (Å²) in [5.41, 5.74) is 3.17. The van der Waals surface area contributed by atoms with Crippen LogP contribution in [0.25, 0.3) is 23.0 Å². The lowest BCUT2D eigenvalue weighted by atomic mass is 10.2. The summed E-state index contributed by atoms with van der Waals surface area (Å²) < 4.78 is 7.04. The largest absolute Gasteiger partial charge is 0.333 e. The number of hydrogen-bond donors (Lipinski definition) is 1. The number of rotatable bonds is 5. The third-order valence-electron chi connectivity index (χ3n) is 4.19. The summed E-state index contributed by atoms with van der Waals surface area (Å²) in [6.45, 7) is 3.96. The molecule has 4 rings (SSSR count). The van der Waals surface area contributed by atoms with Crippen LogP contribution in [0.4, 0.5) is 5.69 Å². The van der Waals surface area contributed by atoms with E-state index >= 15 is 0 Å². The molecule has 0 fully saturated rings. The summed E-state index contributed by atoms with van der Waals surface area (Å²) in [6.07, 6.45) is 5.06. The van der Waals surface area contributed by atoms with Crippen molar-refractivity contribution in [2.75, 3.05) is 5.32 Å². The zero-order valence-electron chi connectivity index (χ0n) is 15.5. The predicted molar refractivity (Wildman–Crippen MR) is 103 cm³/mol. The number of pyridine rings is 1. The van der Waals surface area contributed by atoms with Crippen LogP contribution in [-0.2, 0) is 11.3 Å². The number of benzene rings is 1. The van der Waals surface area contributed by atoms with Gasteiger partial charge in [-0.15, -0.1) is 0 Å². The van der Waals surface area contributed by atoms with Crippen molar-refractivity contribution in [3.63, 3.8) is 0 Å². The number of nitrogens with one attached hydrogen (secondary N) is 1. The maximum Gasteiger partial charge on any atom is 0.259 e. The zero-order chi connectivity index (χ0) is 19.5.